The lowest BCUT2D eigenvalue weighted by atomic mass is 10.1. The molecule has 0 aliphatic heterocycles. The van der Waals surface area contributed by atoms with Gasteiger partial charge in [-0.2, -0.15) is 0 Å². The Morgan fingerprint density at radius 1 is 1.00 bits per heavy atom. The Morgan fingerprint density at radius 3 is 2.29 bits per heavy atom. The summed E-state index contributed by atoms with van der Waals surface area (Å²) in [6, 6.07) is 9.28. The molecule has 146 valence electrons. The molecule has 2 aromatic carbocycles. The highest BCUT2D eigenvalue weighted by molar-refractivity contribution is 7.16. The standard InChI is InChI=1S/C20H19FN2O4S/c1-11-16(12-5-7-13(21)8-6-12)22-20(28-11)23-19(24)14-9-10-15(25-2)18(27-4)17(14)26-3/h5-10H,1-4H3,(H,22,23,24). The third-order valence-electron chi connectivity index (χ3n) is 4.08. The van der Waals surface area contributed by atoms with Gasteiger partial charge < -0.3 is 14.2 Å². The van der Waals surface area contributed by atoms with E-state index in [2.05, 4.69) is 10.3 Å². The summed E-state index contributed by atoms with van der Waals surface area (Å²) in [6.07, 6.45) is 0. The van der Waals surface area contributed by atoms with E-state index in [1.54, 1.807) is 24.3 Å². The molecule has 3 rings (SSSR count). The van der Waals surface area contributed by atoms with Crippen LogP contribution in [0.5, 0.6) is 17.2 Å². The van der Waals surface area contributed by atoms with Crippen molar-refractivity contribution in [3.63, 3.8) is 0 Å². The number of carbonyl (C=O) groups is 1. The maximum Gasteiger partial charge on any atom is 0.261 e. The minimum absolute atomic E-state index is 0.270. The fraction of sp³-hybridized carbons (Fsp3) is 0.200. The van der Waals surface area contributed by atoms with Gasteiger partial charge in [-0.05, 0) is 43.3 Å². The van der Waals surface area contributed by atoms with E-state index in [4.69, 9.17) is 14.2 Å². The second-order valence-corrected chi connectivity index (χ2v) is 6.97. The summed E-state index contributed by atoms with van der Waals surface area (Å²) in [7, 11) is 4.43. The second-order valence-electron chi connectivity index (χ2n) is 5.77. The molecule has 1 aromatic heterocycles. The largest absolute Gasteiger partial charge is 0.493 e. The predicted molar refractivity (Wildman–Crippen MR) is 106 cm³/mol. The van der Waals surface area contributed by atoms with Crippen molar-refractivity contribution in [2.24, 2.45) is 0 Å². The van der Waals surface area contributed by atoms with Gasteiger partial charge in [-0.15, -0.1) is 11.3 Å². The highest BCUT2D eigenvalue weighted by Gasteiger charge is 2.22. The van der Waals surface area contributed by atoms with Crippen LogP contribution in [0.4, 0.5) is 9.52 Å². The Balaban J connectivity index is 1.90. The Morgan fingerprint density at radius 2 is 1.68 bits per heavy atom. The first-order valence-corrected chi connectivity index (χ1v) is 9.13. The number of carbonyl (C=O) groups excluding carboxylic acids is 1. The molecule has 0 aliphatic rings. The van der Waals surface area contributed by atoms with Crippen LogP contribution in [-0.4, -0.2) is 32.2 Å². The highest BCUT2D eigenvalue weighted by atomic mass is 32.1. The van der Waals surface area contributed by atoms with Crippen LogP contribution in [0.25, 0.3) is 11.3 Å². The number of amides is 1. The number of methoxy groups -OCH3 is 3. The SMILES string of the molecule is COc1ccc(C(=O)Nc2nc(-c3ccc(F)cc3)c(C)s2)c(OC)c1OC. The van der Waals surface area contributed by atoms with Crippen molar-refractivity contribution >= 4 is 22.4 Å². The Bertz CT molecular complexity index is 1000. The van der Waals surface area contributed by atoms with Gasteiger partial charge in [-0.1, -0.05) is 0 Å². The van der Waals surface area contributed by atoms with Gasteiger partial charge in [0.05, 0.1) is 32.6 Å². The summed E-state index contributed by atoms with van der Waals surface area (Å²) < 4.78 is 29.1. The van der Waals surface area contributed by atoms with Gasteiger partial charge in [0.25, 0.3) is 5.91 Å². The summed E-state index contributed by atoms with van der Waals surface area (Å²) in [6.45, 7) is 1.89. The van der Waals surface area contributed by atoms with E-state index in [0.29, 0.717) is 22.3 Å². The number of nitrogens with zero attached hydrogens (tertiary/aromatic N) is 1. The molecule has 0 radical (unpaired) electrons. The number of thiazole rings is 1. The van der Waals surface area contributed by atoms with Crippen molar-refractivity contribution in [3.8, 4) is 28.5 Å². The summed E-state index contributed by atoms with van der Waals surface area (Å²) in [5, 5.41) is 3.21. The van der Waals surface area contributed by atoms with Gasteiger partial charge in [0.1, 0.15) is 5.82 Å². The van der Waals surface area contributed by atoms with E-state index in [1.165, 1.54) is 44.8 Å². The number of nitrogens with one attached hydrogen (secondary N) is 1. The van der Waals surface area contributed by atoms with Crippen LogP contribution >= 0.6 is 11.3 Å². The third-order valence-corrected chi connectivity index (χ3v) is 4.97. The number of aromatic nitrogens is 1. The monoisotopic (exact) mass is 402 g/mol. The highest BCUT2D eigenvalue weighted by Crippen LogP contribution is 2.40. The van der Waals surface area contributed by atoms with Crippen molar-refractivity contribution in [1.29, 1.82) is 0 Å². The lowest BCUT2D eigenvalue weighted by Crippen LogP contribution is -2.13. The van der Waals surface area contributed by atoms with Gasteiger partial charge in [0.15, 0.2) is 16.6 Å². The summed E-state index contributed by atoms with van der Waals surface area (Å²) in [5.74, 6) is 0.355. The van der Waals surface area contributed by atoms with Crippen LogP contribution in [0.3, 0.4) is 0 Å². The van der Waals surface area contributed by atoms with Gasteiger partial charge >= 0.3 is 0 Å². The molecule has 0 bridgehead atoms. The predicted octanol–water partition coefficient (Wildman–Crippen LogP) is 4.54. The topological polar surface area (TPSA) is 69.7 Å². The Labute approximate surface area is 165 Å². The summed E-state index contributed by atoms with van der Waals surface area (Å²) in [4.78, 5) is 18.2. The van der Waals surface area contributed by atoms with Gasteiger partial charge in [-0.25, -0.2) is 9.37 Å². The molecule has 0 aliphatic carbocycles. The average molecular weight is 402 g/mol. The molecule has 3 aromatic rings. The number of ether oxygens (including phenoxy) is 3. The maximum atomic E-state index is 13.1. The van der Waals surface area contributed by atoms with Crippen LogP contribution in [0, 0.1) is 12.7 Å². The number of hydrogen-bond donors (Lipinski definition) is 1. The van der Waals surface area contributed by atoms with E-state index >= 15 is 0 Å². The number of halogens is 1. The molecule has 0 spiro atoms. The zero-order chi connectivity index (χ0) is 20.3. The van der Waals surface area contributed by atoms with Crippen molar-refractivity contribution in [2.45, 2.75) is 6.92 Å². The number of hydrogen-bond acceptors (Lipinski definition) is 6. The van der Waals surface area contributed by atoms with E-state index in [-0.39, 0.29) is 17.1 Å². The van der Waals surface area contributed by atoms with E-state index in [1.807, 2.05) is 6.92 Å². The van der Waals surface area contributed by atoms with Crippen molar-refractivity contribution < 1.29 is 23.4 Å². The molecule has 0 saturated carbocycles. The van der Waals surface area contributed by atoms with Gasteiger partial charge in [-0.3, -0.25) is 10.1 Å². The number of benzene rings is 2. The second kappa shape index (κ2) is 8.26. The molecule has 0 saturated heterocycles. The molecule has 0 atom stereocenters. The maximum absolute atomic E-state index is 13.1. The zero-order valence-corrected chi connectivity index (χ0v) is 16.6. The van der Waals surface area contributed by atoms with E-state index in [9.17, 15) is 9.18 Å². The van der Waals surface area contributed by atoms with Crippen molar-refractivity contribution in [3.05, 3.63) is 52.7 Å². The van der Waals surface area contributed by atoms with Crippen LogP contribution in [0.1, 0.15) is 15.2 Å². The first-order chi connectivity index (χ1) is 13.5. The summed E-state index contributed by atoms with van der Waals surface area (Å²) in [5.41, 5.74) is 1.76. The van der Waals surface area contributed by atoms with Gasteiger partial charge in [0.2, 0.25) is 5.75 Å². The lowest BCUT2D eigenvalue weighted by Gasteiger charge is -2.15. The third kappa shape index (κ3) is 3.77. The van der Waals surface area contributed by atoms with Crippen LogP contribution < -0.4 is 19.5 Å². The normalized spacial score (nSPS) is 10.5. The van der Waals surface area contributed by atoms with Crippen molar-refractivity contribution in [2.75, 3.05) is 26.6 Å². The number of rotatable bonds is 6. The number of aryl methyl sites for hydroxylation is 1. The first kappa shape index (κ1) is 19.6. The molecule has 8 heteroatoms. The fourth-order valence-electron chi connectivity index (χ4n) is 2.77. The van der Waals surface area contributed by atoms with Crippen LogP contribution in [0.2, 0.25) is 0 Å². The molecule has 6 nitrogen and oxygen atoms in total. The van der Waals surface area contributed by atoms with E-state index in [0.717, 1.165) is 10.4 Å². The minimum Gasteiger partial charge on any atom is -0.493 e. The Hall–Kier alpha value is -3.13. The quantitative estimate of drug-likeness (QED) is 0.656. The molecule has 1 N–H and O–H groups in total. The van der Waals surface area contributed by atoms with Crippen LogP contribution in [0.15, 0.2) is 36.4 Å². The smallest absolute Gasteiger partial charge is 0.261 e. The number of anilines is 1. The lowest BCUT2D eigenvalue weighted by molar-refractivity contribution is 0.102. The minimum atomic E-state index is -0.391. The molecule has 0 fully saturated rings. The summed E-state index contributed by atoms with van der Waals surface area (Å²) >= 11 is 1.33. The zero-order valence-electron chi connectivity index (χ0n) is 15.8. The molecular formula is C20H19FN2O4S. The van der Waals surface area contributed by atoms with Crippen LogP contribution in [-0.2, 0) is 0 Å². The van der Waals surface area contributed by atoms with Crippen molar-refractivity contribution in [1.82, 2.24) is 4.98 Å². The molecule has 1 heterocycles. The fourth-order valence-corrected chi connectivity index (χ4v) is 3.60. The molecule has 1 amide bonds. The molecule has 28 heavy (non-hydrogen) atoms. The molecular weight excluding hydrogens is 383 g/mol. The van der Waals surface area contributed by atoms with Gasteiger partial charge in [0, 0.05) is 10.4 Å². The first-order valence-electron chi connectivity index (χ1n) is 8.32. The molecule has 0 unspecified atom stereocenters. The Kier molecular flexibility index (Phi) is 5.79. The average Bonchev–Trinajstić information content (AvgIpc) is 3.06. The van der Waals surface area contributed by atoms with E-state index < -0.39 is 5.91 Å².